The molecule has 0 aliphatic carbocycles. The standard InChI is InChI=1S/C15H21I2N/c16-12-15(17)10-6-1-2-7-11-18-13-14-8-4-3-5-9-14/h3-5,8-10,18H,1-2,6-7,11-13H2/b15-10-. The molecule has 0 saturated heterocycles. The summed E-state index contributed by atoms with van der Waals surface area (Å²) in [5, 5.41) is 3.49. The van der Waals surface area contributed by atoms with Crippen LogP contribution in [-0.2, 0) is 6.54 Å². The number of hydrogen-bond donors (Lipinski definition) is 1. The monoisotopic (exact) mass is 469 g/mol. The third kappa shape index (κ3) is 8.48. The first-order chi connectivity index (χ1) is 8.83. The molecule has 0 unspecified atom stereocenters. The van der Waals surface area contributed by atoms with Crippen molar-refractivity contribution >= 4 is 45.2 Å². The first-order valence-electron chi connectivity index (χ1n) is 6.48. The highest BCUT2D eigenvalue weighted by molar-refractivity contribution is 14.1. The summed E-state index contributed by atoms with van der Waals surface area (Å²) in [6, 6.07) is 10.6. The maximum absolute atomic E-state index is 3.49. The van der Waals surface area contributed by atoms with Crippen LogP contribution in [0.4, 0.5) is 0 Å². The van der Waals surface area contributed by atoms with Crippen LogP contribution in [0.3, 0.4) is 0 Å². The lowest BCUT2D eigenvalue weighted by molar-refractivity contribution is 0.606. The van der Waals surface area contributed by atoms with Crippen LogP contribution < -0.4 is 5.32 Å². The average molecular weight is 469 g/mol. The first-order valence-corrected chi connectivity index (χ1v) is 9.08. The minimum atomic E-state index is 0.994. The molecule has 0 aliphatic heterocycles. The highest BCUT2D eigenvalue weighted by Gasteiger charge is 1.92. The zero-order valence-corrected chi connectivity index (χ0v) is 15.0. The van der Waals surface area contributed by atoms with Crippen LogP contribution in [0.2, 0.25) is 0 Å². The van der Waals surface area contributed by atoms with E-state index >= 15 is 0 Å². The molecule has 0 aliphatic rings. The van der Waals surface area contributed by atoms with Crippen LogP contribution in [0.25, 0.3) is 0 Å². The summed E-state index contributed by atoms with van der Waals surface area (Å²) < 4.78 is 2.63. The lowest BCUT2D eigenvalue weighted by Gasteiger charge is -2.04. The van der Waals surface area contributed by atoms with Crippen LogP contribution in [0.5, 0.6) is 0 Å². The van der Waals surface area contributed by atoms with E-state index < -0.39 is 0 Å². The molecule has 100 valence electrons. The van der Waals surface area contributed by atoms with Gasteiger partial charge in [0.2, 0.25) is 0 Å². The SMILES string of the molecule is IC/C(I)=C/CCCCCNCc1ccccc1. The van der Waals surface area contributed by atoms with Crippen molar-refractivity contribution in [2.24, 2.45) is 0 Å². The van der Waals surface area contributed by atoms with E-state index in [0.717, 1.165) is 17.5 Å². The van der Waals surface area contributed by atoms with Gasteiger partial charge < -0.3 is 5.32 Å². The van der Waals surface area contributed by atoms with Crippen LogP contribution in [0.1, 0.15) is 31.2 Å². The minimum Gasteiger partial charge on any atom is -0.313 e. The minimum absolute atomic E-state index is 0.994. The molecule has 0 heterocycles. The molecule has 1 aromatic carbocycles. The Morgan fingerprint density at radius 2 is 1.89 bits per heavy atom. The van der Waals surface area contributed by atoms with Crippen molar-refractivity contribution < 1.29 is 0 Å². The molecule has 0 saturated carbocycles. The molecular weight excluding hydrogens is 448 g/mol. The Morgan fingerprint density at radius 1 is 1.11 bits per heavy atom. The second kappa shape index (κ2) is 11.2. The number of unbranched alkanes of at least 4 members (excludes halogenated alkanes) is 3. The van der Waals surface area contributed by atoms with Crippen LogP contribution in [-0.4, -0.2) is 11.0 Å². The van der Waals surface area contributed by atoms with Crippen molar-refractivity contribution in [3.63, 3.8) is 0 Å². The smallest absolute Gasteiger partial charge is 0.0301 e. The maximum atomic E-state index is 3.49. The Morgan fingerprint density at radius 3 is 2.61 bits per heavy atom. The van der Waals surface area contributed by atoms with E-state index in [4.69, 9.17) is 0 Å². The van der Waals surface area contributed by atoms with Gasteiger partial charge in [-0.1, -0.05) is 65.4 Å². The molecule has 1 aromatic rings. The fourth-order valence-electron chi connectivity index (χ4n) is 1.71. The summed E-state index contributed by atoms with van der Waals surface area (Å²) in [5.74, 6) is 0. The van der Waals surface area contributed by atoms with Crippen LogP contribution in [0, 0.1) is 0 Å². The summed E-state index contributed by atoms with van der Waals surface area (Å²) >= 11 is 4.84. The number of allylic oxidation sites excluding steroid dienone is 2. The molecule has 1 nitrogen and oxygen atoms in total. The van der Waals surface area contributed by atoms with E-state index in [-0.39, 0.29) is 0 Å². The predicted octanol–water partition coefficient (Wildman–Crippen LogP) is 5.09. The molecule has 0 fully saturated rings. The highest BCUT2D eigenvalue weighted by atomic mass is 127. The van der Waals surface area contributed by atoms with Crippen molar-refractivity contribution in [1.29, 1.82) is 0 Å². The summed E-state index contributed by atoms with van der Waals surface area (Å²) in [5.41, 5.74) is 1.37. The molecule has 0 atom stereocenters. The van der Waals surface area contributed by atoms with Crippen LogP contribution >= 0.6 is 45.2 Å². The number of halogens is 2. The lowest BCUT2D eigenvalue weighted by Crippen LogP contribution is -2.14. The molecular formula is C15H21I2N. The zero-order valence-electron chi connectivity index (χ0n) is 10.7. The van der Waals surface area contributed by atoms with Gasteiger partial charge in [0.1, 0.15) is 0 Å². The highest BCUT2D eigenvalue weighted by Crippen LogP contribution is 2.12. The fourth-order valence-corrected chi connectivity index (χ4v) is 2.34. The first kappa shape index (κ1) is 16.4. The van der Waals surface area contributed by atoms with Crippen molar-refractivity contribution in [1.82, 2.24) is 5.32 Å². The van der Waals surface area contributed by atoms with Gasteiger partial charge in [-0.05, 0) is 57.5 Å². The van der Waals surface area contributed by atoms with Crippen molar-refractivity contribution in [2.45, 2.75) is 32.2 Å². The molecule has 18 heavy (non-hydrogen) atoms. The van der Waals surface area contributed by atoms with Gasteiger partial charge in [0, 0.05) is 11.0 Å². The zero-order chi connectivity index (χ0) is 13.1. The van der Waals surface area contributed by atoms with Gasteiger partial charge in [0.05, 0.1) is 0 Å². The third-order valence-electron chi connectivity index (χ3n) is 2.72. The molecule has 0 aromatic heterocycles. The van der Waals surface area contributed by atoms with Gasteiger partial charge in [0.15, 0.2) is 0 Å². The molecule has 0 spiro atoms. The Labute approximate surface area is 138 Å². The second-order valence-corrected chi connectivity index (χ2v) is 6.44. The van der Waals surface area contributed by atoms with E-state index in [0.29, 0.717) is 0 Å². The number of rotatable bonds is 9. The van der Waals surface area contributed by atoms with Crippen LogP contribution in [0.15, 0.2) is 40.0 Å². The number of benzene rings is 1. The summed E-state index contributed by atoms with van der Waals surface area (Å²) in [7, 11) is 0. The number of alkyl halides is 1. The van der Waals surface area contributed by atoms with Gasteiger partial charge >= 0.3 is 0 Å². The van der Waals surface area contributed by atoms with E-state index in [2.05, 4.69) is 86.9 Å². The molecule has 3 heteroatoms. The Balaban J connectivity index is 1.93. The number of hydrogen-bond acceptors (Lipinski definition) is 1. The maximum Gasteiger partial charge on any atom is 0.0301 e. The molecule has 0 bridgehead atoms. The Hall–Kier alpha value is 0.380. The lowest BCUT2D eigenvalue weighted by atomic mass is 10.2. The van der Waals surface area contributed by atoms with E-state index in [1.54, 1.807) is 0 Å². The quantitative estimate of drug-likeness (QED) is 0.302. The van der Waals surface area contributed by atoms with Gasteiger partial charge in [-0.15, -0.1) is 0 Å². The molecule has 1 N–H and O–H groups in total. The number of nitrogens with one attached hydrogen (secondary N) is 1. The summed E-state index contributed by atoms with van der Waals surface area (Å²) in [6.45, 7) is 2.12. The molecule has 1 rings (SSSR count). The van der Waals surface area contributed by atoms with Gasteiger partial charge in [-0.2, -0.15) is 0 Å². The van der Waals surface area contributed by atoms with Gasteiger partial charge in [-0.3, -0.25) is 0 Å². The van der Waals surface area contributed by atoms with E-state index in [1.807, 2.05) is 0 Å². The van der Waals surface area contributed by atoms with Crippen molar-refractivity contribution in [2.75, 3.05) is 11.0 Å². The second-order valence-electron chi connectivity index (χ2n) is 4.30. The predicted molar refractivity (Wildman–Crippen MR) is 97.6 cm³/mol. The average Bonchev–Trinajstić information content (AvgIpc) is 2.42. The Kier molecular flexibility index (Phi) is 10.3. The normalized spacial score (nSPS) is 11.8. The van der Waals surface area contributed by atoms with E-state index in [1.165, 1.54) is 34.8 Å². The molecule has 0 radical (unpaired) electrons. The fraction of sp³-hybridized carbons (Fsp3) is 0.467. The topological polar surface area (TPSA) is 12.0 Å². The van der Waals surface area contributed by atoms with Crippen molar-refractivity contribution in [3.05, 3.63) is 45.6 Å². The summed E-state index contributed by atoms with van der Waals surface area (Å²) in [6.07, 6.45) is 7.52. The van der Waals surface area contributed by atoms with Gasteiger partial charge in [-0.25, -0.2) is 0 Å². The van der Waals surface area contributed by atoms with E-state index in [9.17, 15) is 0 Å². The molecule has 0 amide bonds. The van der Waals surface area contributed by atoms with Gasteiger partial charge in [0.25, 0.3) is 0 Å². The van der Waals surface area contributed by atoms with Crippen molar-refractivity contribution in [3.8, 4) is 0 Å². The summed E-state index contributed by atoms with van der Waals surface area (Å²) in [4.78, 5) is 0. The largest absolute Gasteiger partial charge is 0.313 e. The third-order valence-corrected chi connectivity index (χ3v) is 5.83. The Bertz CT molecular complexity index is 336.